The van der Waals surface area contributed by atoms with Gasteiger partial charge in [0.05, 0.1) is 0 Å². The summed E-state index contributed by atoms with van der Waals surface area (Å²) in [5, 5.41) is 0. The monoisotopic (exact) mass is 180 g/mol. The van der Waals surface area contributed by atoms with E-state index in [1.165, 1.54) is 0 Å². The van der Waals surface area contributed by atoms with E-state index in [1.807, 2.05) is 4.90 Å². The van der Waals surface area contributed by atoms with Crippen LogP contribution in [0, 0.1) is 12.3 Å². The molecule has 0 bridgehead atoms. The van der Waals surface area contributed by atoms with E-state index < -0.39 is 0 Å². The Kier molecular flexibility index (Phi) is 4.34. The maximum absolute atomic E-state index is 10.4. The Morgan fingerprint density at radius 1 is 1.31 bits per heavy atom. The van der Waals surface area contributed by atoms with Gasteiger partial charge in [-0.2, -0.15) is 0 Å². The average molecular weight is 180 g/mol. The van der Waals surface area contributed by atoms with Crippen molar-refractivity contribution >= 4 is 6.41 Å². The van der Waals surface area contributed by atoms with Gasteiger partial charge in [-0.1, -0.05) is 0 Å². The summed E-state index contributed by atoms with van der Waals surface area (Å²) in [5.74, 6) is 2.63. The maximum Gasteiger partial charge on any atom is 0.209 e. The molecule has 1 rings (SSSR count). The highest BCUT2D eigenvalue weighted by molar-refractivity contribution is 5.47. The van der Waals surface area contributed by atoms with Crippen LogP contribution in [0.1, 0.15) is 12.8 Å². The second kappa shape index (κ2) is 5.60. The molecule has 1 aliphatic rings. The summed E-state index contributed by atoms with van der Waals surface area (Å²) in [6.07, 6.45) is 8.02. The number of piperazine rings is 1. The number of carbonyl (C=O) groups excluding carboxylic acids is 1. The van der Waals surface area contributed by atoms with Gasteiger partial charge in [0.15, 0.2) is 0 Å². The molecule has 1 fully saturated rings. The number of hydrogen-bond acceptors (Lipinski definition) is 2. The highest BCUT2D eigenvalue weighted by Gasteiger charge is 2.13. The Morgan fingerprint density at radius 2 is 2.00 bits per heavy atom. The Morgan fingerprint density at radius 3 is 2.54 bits per heavy atom. The van der Waals surface area contributed by atoms with E-state index in [1.54, 1.807) is 0 Å². The van der Waals surface area contributed by atoms with E-state index in [9.17, 15) is 4.79 Å². The van der Waals surface area contributed by atoms with Crippen molar-refractivity contribution in [2.45, 2.75) is 12.8 Å². The molecule has 0 radical (unpaired) electrons. The molecule has 0 saturated carbocycles. The Bertz CT molecular complexity index is 190. The van der Waals surface area contributed by atoms with Crippen molar-refractivity contribution in [3.8, 4) is 12.3 Å². The molecule has 0 aromatic rings. The highest BCUT2D eigenvalue weighted by atomic mass is 16.1. The van der Waals surface area contributed by atoms with Crippen LogP contribution in [0.3, 0.4) is 0 Å². The largest absolute Gasteiger partial charge is 0.343 e. The van der Waals surface area contributed by atoms with Gasteiger partial charge in [-0.05, 0) is 13.0 Å². The molecule has 3 heteroatoms. The third-order valence-corrected chi connectivity index (χ3v) is 2.35. The molecule has 0 spiro atoms. The van der Waals surface area contributed by atoms with Gasteiger partial charge in [0.1, 0.15) is 0 Å². The summed E-state index contributed by atoms with van der Waals surface area (Å²) in [7, 11) is 0. The standard InChI is InChI=1S/C10H16N2O/c1-2-3-4-5-11-6-8-12(10-13)9-7-11/h1,10H,3-9H2. The van der Waals surface area contributed by atoms with Gasteiger partial charge in [-0.15, -0.1) is 12.3 Å². The normalized spacial score (nSPS) is 18.2. The lowest BCUT2D eigenvalue weighted by molar-refractivity contribution is -0.119. The topological polar surface area (TPSA) is 23.6 Å². The van der Waals surface area contributed by atoms with Gasteiger partial charge in [0, 0.05) is 32.6 Å². The molecule has 13 heavy (non-hydrogen) atoms. The van der Waals surface area contributed by atoms with Crippen molar-refractivity contribution in [1.82, 2.24) is 9.80 Å². The van der Waals surface area contributed by atoms with Crippen LogP contribution in [0.2, 0.25) is 0 Å². The van der Waals surface area contributed by atoms with Crippen molar-refractivity contribution in [3.05, 3.63) is 0 Å². The molecule has 1 heterocycles. The Balaban J connectivity index is 2.11. The summed E-state index contributed by atoms with van der Waals surface area (Å²) in [6.45, 7) is 4.77. The Hall–Kier alpha value is -1.01. The third kappa shape index (κ3) is 3.47. The van der Waals surface area contributed by atoms with Crippen LogP contribution in [0.25, 0.3) is 0 Å². The maximum atomic E-state index is 10.4. The zero-order valence-electron chi connectivity index (χ0n) is 7.91. The Labute approximate surface area is 79.7 Å². The second-order valence-electron chi connectivity index (χ2n) is 3.29. The molecule has 0 unspecified atom stereocenters. The summed E-state index contributed by atoms with van der Waals surface area (Å²) in [5.41, 5.74) is 0. The first-order chi connectivity index (χ1) is 6.36. The zero-order valence-corrected chi connectivity index (χ0v) is 7.91. The fourth-order valence-corrected chi connectivity index (χ4v) is 1.50. The fraction of sp³-hybridized carbons (Fsp3) is 0.700. The predicted molar refractivity (Wildman–Crippen MR) is 52.1 cm³/mol. The summed E-state index contributed by atoms with van der Waals surface area (Å²) >= 11 is 0. The lowest BCUT2D eigenvalue weighted by Crippen LogP contribution is -2.45. The van der Waals surface area contributed by atoms with Crippen molar-refractivity contribution in [2.24, 2.45) is 0 Å². The van der Waals surface area contributed by atoms with E-state index in [4.69, 9.17) is 6.42 Å². The first-order valence-corrected chi connectivity index (χ1v) is 4.72. The molecular weight excluding hydrogens is 164 g/mol. The molecule has 1 aliphatic heterocycles. The number of carbonyl (C=O) groups is 1. The third-order valence-electron chi connectivity index (χ3n) is 2.35. The minimum Gasteiger partial charge on any atom is -0.343 e. The van der Waals surface area contributed by atoms with Crippen molar-refractivity contribution in [3.63, 3.8) is 0 Å². The van der Waals surface area contributed by atoms with E-state index in [0.717, 1.165) is 52.0 Å². The van der Waals surface area contributed by atoms with Crippen LogP contribution in [0.15, 0.2) is 0 Å². The fourth-order valence-electron chi connectivity index (χ4n) is 1.50. The van der Waals surface area contributed by atoms with Crippen molar-refractivity contribution < 1.29 is 4.79 Å². The number of hydrogen-bond donors (Lipinski definition) is 0. The smallest absolute Gasteiger partial charge is 0.209 e. The van der Waals surface area contributed by atoms with Crippen LogP contribution < -0.4 is 0 Å². The van der Waals surface area contributed by atoms with E-state index in [0.29, 0.717) is 0 Å². The molecule has 1 amide bonds. The van der Waals surface area contributed by atoms with Gasteiger partial charge in [-0.3, -0.25) is 9.69 Å². The molecule has 0 aromatic carbocycles. The predicted octanol–water partition coefficient (Wildman–Crippen LogP) is 0.174. The molecule has 1 saturated heterocycles. The average Bonchev–Trinajstić information content (AvgIpc) is 2.19. The van der Waals surface area contributed by atoms with Gasteiger partial charge in [0.2, 0.25) is 6.41 Å². The van der Waals surface area contributed by atoms with Crippen LogP contribution in [-0.4, -0.2) is 48.9 Å². The van der Waals surface area contributed by atoms with Gasteiger partial charge in [-0.25, -0.2) is 0 Å². The second-order valence-corrected chi connectivity index (χ2v) is 3.29. The molecule has 3 nitrogen and oxygen atoms in total. The van der Waals surface area contributed by atoms with E-state index in [2.05, 4.69) is 10.8 Å². The number of nitrogens with zero attached hydrogens (tertiary/aromatic N) is 2. The van der Waals surface area contributed by atoms with Crippen LogP contribution in [0.5, 0.6) is 0 Å². The highest BCUT2D eigenvalue weighted by Crippen LogP contribution is 2.01. The van der Waals surface area contributed by atoms with Crippen LogP contribution in [0.4, 0.5) is 0 Å². The van der Waals surface area contributed by atoms with E-state index in [-0.39, 0.29) is 0 Å². The first kappa shape index (κ1) is 10.1. The molecular formula is C10H16N2O. The van der Waals surface area contributed by atoms with Crippen molar-refractivity contribution in [1.29, 1.82) is 0 Å². The quantitative estimate of drug-likeness (QED) is 0.350. The minimum atomic E-state index is 0.855. The molecule has 0 aromatic heterocycles. The first-order valence-electron chi connectivity index (χ1n) is 4.72. The molecule has 72 valence electrons. The van der Waals surface area contributed by atoms with Gasteiger partial charge < -0.3 is 4.90 Å². The van der Waals surface area contributed by atoms with Crippen LogP contribution >= 0.6 is 0 Å². The van der Waals surface area contributed by atoms with Gasteiger partial charge in [0.25, 0.3) is 0 Å². The minimum absolute atomic E-state index is 0.855. The summed E-state index contributed by atoms with van der Waals surface area (Å²) in [6, 6.07) is 0. The number of rotatable bonds is 4. The number of amides is 1. The van der Waals surface area contributed by atoms with Gasteiger partial charge >= 0.3 is 0 Å². The van der Waals surface area contributed by atoms with E-state index >= 15 is 0 Å². The SMILES string of the molecule is C#CCCCN1CCN(C=O)CC1. The molecule has 0 N–H and O–H groups in total. The number of terminal acetylenes is 1. The zero-order chi connectivity index (χ0) is 9.52. The van der Waals surface area contributed by atoms with Crippen LogP contribution in [-0.2, 0) is 4.79 Å². The lowest BCUT2D eigenvalue weighted by atomic mass is 10.2. The molecule has 0 aliphatic carbocycles. The number of unbranched alkanes of at least 4 members (excludes halogenated alkanes) is 1. The lowest BCUT2D eigenvalue weighted by Gasteiger charge is -2.32. The summed E-state index contributed by atoms with van der Waals surface area (Å²) in [4.78, 5) is 14.6. The molecule has 0 atom stereocenters. The van der Waals surface area contributed by atoms with Crippen molar-refractivity contribution in [2.75, 3.05) is 32.7 Å². The summed E-state index contributed by atoms with van der Waals surface area (Å²) < 4.78 is 0.